The average Bonchev–Trinajstić information content (AvgIpc) is 3.01. The molecule has 0 N–H and O–H groups in total. The fourth-order valence-corrected chi connectivity index (χ4v) is 4.49. The Morgan fingerprint density at radius 2 is 1.72 bits per heavy atom. The molecule has 2 fully saturated rings. The predicted molar refractivity (Wildman–Crippen MR) is 71.1 cm³/mol. The highest BCUT2D eigenvalue weighted by Crippen LogP contribution is 2.55. The molecule has 0 unspecified atom stereocenters. The van der Waals surface area contributed by atoms with Gasteiger partial charge in [-0.3, -0.25) is 4.79 Å². The summed E-state index contributed by atoms with van der Waals surface area (Å²) in [5.41, 5.74) is 1.36. The van der Waals surface area contributed by atoms with Gasteiger partial charge < -0.3 is 0 Å². The van der Waals surface area contributed by atoms with Crippen LogP contribution in [0.1, 0.15) is 30.7 Å². The molecule has 0 saturated heterocycles. The summed E-state index contributed by atoms with van der Waals surface area (Å²) in [4.78, 5) is 12.4. The number of hydrogen-bond donors (Lipinski definition) is 0. The molecule has 4 rings (SSSR count). The maximum atomic E-state index is 12.4. The van der Waals surface area contributed by atoms with Crippen molar-refractivity contribution < 1.29 is 4.79 Å². The minimum Gasteiger partial charge on any atom is -0.299 e. The number of rotatable bonds is 1. The summed E-state index contributed by atoms with van der Waals surface area (Å²) in [7, 11) is 0. The molecule has 2 saturated carbocycles. The van der Waals surface area contributed by atoms with Crippen molar-refractivity contribution in [2.75, 3.05) is 0 Å². The van der Waals surface area contributed by atoms with E-state index in [9.17, 15) is 4.79 Å². The van der Waals surface area contributed by atoms with Crippen LogP contribution in [-0.2, 0) is 4.79 Å². The molecule has 2 bridgehead atoms. The number of hydrogen-bond acceptors (Lipinski definition) is 1. The zero-order valence-electron chi connectivity index (χ0n) is 10.5. The Hall–Kier alpha value is -1.37. The van der Waals surface area contributed by atoms with Gasteiger partial charge in [-0.25, -0.2) is 0 Å². The van der Waals surface area contributed by atoms with Crippen LogP contribution in [0.15, 0.2) is 42.5 Å². The van der Waals surface area contributed by atoms with E-state index in [1.165, 1.54) is 18.4 Å². The van der Waals surface area contributed by atoms with Crippen molar-refractivity contribution in [1.29, 1.82) is 0 Å². The van der Waals surface area contributed by atoms with Gasteiger partial charge in [0.15, 0.2) is 0 Å². The molecular formula is C17H18O. The Balaban J connectivity index is 1.64. The van der Waals surface area contributed by atoms with E-state index in [1.54, 1.807) is 0 Å². The van der Waals surface area contributed by atoms with E-state index in [0.29, 0.717) is 35.4 Å². The molecule has 92 valence electrons. The third-order valence-corrected chi connectivity index (χ3v) is 5.27. The summed E-state index contributed by atoms with van der Waals surface area (Å²) in [6.45, 7) is 0. The van der Waals surface area contributed by atoms with Crippen molar-refractivity contribution in [3.8, 4) is 0 Å². The van der Waals surface area contributed by atoms with Crippen LogP contribution in [0.25, 0.3) is 0 Å². The molecule has 0 heterocycles. The highest BCUT2D eigenvalue weighted by atomic mass is 16.1. The zero-order valence-corrected chi connectivity index (χ0v) is 10.5. The number of benzene rings is 1. The fourth-order valence-electron chi connectivity index (χ4n) is 4.49. The van der Waals surface area contributed by atoms with Gasteiger partial charge in [-0.15, -0.1) is 0 Å². The smallest absolute Gasteiger partial charge is 0.137 e. The Bertz CT molecular complexity index is 502. The van der Waals surface area contributed by atoms with Crippen molar-refractivity contribution in [1.82, 2.24) is 0 Å². The van der Waals surface area contributed by atoms with Crippen LogP contribution in [0.2, 0.25) is 0 Å². The van der Waals surface area contributed by atoms with E-state index in [4.69, 9.17) is 0 Å². The van der Waals surface area contributed by atoms with Crippen LogP contribution in [-0.4, -0.2) is 5.78 Å². The predicted octanol–water partition coefficient (Wildman–Crippen LogP) is 3.57. The summed E-state index contributed by atoms with van der Waals surface area (Å²) < 4.78 is 0. The number of Topliss-reactive ketones (excluding diaryl/α,β-unsaturated/α-hetero) is 1. The van der Waals surface area contributed by atoms with Crippen molar-refractivity contribution in [2.24, 2.45) is 23.7 Å². The summed E-state index contributed by atoms with van der Waals surface area (Å²) in [5.74, 6) is 3.25. The van der Waals surface area contributed by atoms with Crippen LogP contribution in [0, 0.1) is 23.7 Å². The first-order chi connectivity index (χ1) is 8.83. The molecule has 1 heteroatoms. The third-order valence-electron chi connectivity index (χ3n) is 5.27. The van der Waals surface area contributed by atoms with Crippen LogP contribution < -0.4 is 0 Å². The second-order valence-corrected chi connectivity index (χ2v) is 6.15. The molecule has 1 aromatic carbocycles. The molecule has 3 aliphatic carbocycles. The fraction of sp³-hybridized carbons (Fsp3) is 0.471. The Labute approximate surface area is 108 Å². The quantitative estimate of drug-likeness (QED) is 0.684. The van der Waals surface area contributed by atoms with Gasteiger partial charge in [0.05, 0.1) is 0 Å². The molecule has 0 amide bonds. The highest BCUT2D eigenvalue weighted by molar-refractivity contribution is 5.84. The maximum absolute atomic E-state index is 12.4. The van der Waals surface area contributed by atoms with Gasteiger partial charge in [-0.05, 0) is 42.1 Å². The zero-order chi connectivity index (χ0) is 12.1. The van der Waals surface area contributed by atoms with Crippen LogP contribution in [0.3, 0.4) is 0 Å². The number of allylic oxidation sites excluding steroid dienone is 2. The minimum atomic E-state index is 0.361. The number of carbonyl (C=O) groups excluding carboxylic acids is 1. The molecule has 18 heavy (non-hydrogen) atoms. The molecule has 0 spiro atoms. The first kappa shape index (κ1) is 10.5. The topological polar surface area (TPSA) is 17.1 Å². The molecule has 0 radical (unpaired) electrons. The Kier molecular flexibility index (Phi) is 2.23. The largest absolute Gasteiger partial charge is 0.299 e. The van der Waals surface area contributed by atoms with E-state index in [2.05, 4.69) is 42.5 Å². The van der Waals surface area contributed by atoms with E-state index in [-0.39, 0.29) is 0 Å². The third kappa shape index (κ3) is 1.43. The minimum absolute atomic E-state index is 0.361. The number of fused-ring (bicyclic) bond motifs is 5. The Morgan fingerprint density at radius 1 is 0.944 bits per heavy atom. The first-order valence-electron chi connectivity index (χ1n) is 7.09. The SMILES string of the molecule is O=C1C[C@H](c2ccccc2)C[C@@H]2[C@H]1[C@@H]1C=C[C@H]2C1. The molecule has 1 nitrogen and oxygen atoms in total. The molecule has 0 aromatic heterocycles. The van der Waals surface area contributed by atoms with E-state index in [1.807, 2.05) is 0 Å². The van der Waals surface area contributed by atoms with Crippen LogP contribution in [0.4, 0.5) is 0 Å². The van der Waals surface area contributed by atoms with Crippen molar-refractivity contribution in [2.45, 2.75) is 25.2 Å². The first-order valence-corrected chi connectivity index (χ1v) is 7.09. The highest BCUT2D eigenvalue weighted by Gasteiger charge is 2.51. The van der Waals surface area contributed by atoms with Gasteiger partial charge in [-0.2, -0.15) is 0 Å². The van der Waals surface area contributed by atoms with Gasteiger partial charge in [0.2, 0.25) is 0 Å². The molecule has 0 aliphatic heterocycles. The van der Waals surface area contributed by atoms with Gasteiger partial charge in [0.25, 0.3) is 0 Å². The number of carbonyl (C=O) groups is 1. The lowest BCUT2D eigenvalue weighted by Crippen LogP contribution is -2.34. The summed E-state index contributed by atoms with van der Waals surface area (Å²) >= 11 is 0. The molecular weight excluding hydrogens is 220 g/mol. The van der Waals surface area contributed by atoms with Crippen molar-refractivity contribution in [3.05, 3.63) is 48.0 Å². The monoisotopic (exact) mass is 238 g/mol. The van der Waals surface area contributed by atoms with E-state index in [0.717, 1.165) is 6.42 Å². The van der Waals surface area contributed by atoms with Crippen LogP contribution in [0.5, 0.6) is 0 Å². The van der Waals surface area contributed by atoms with E-state index >= 15 is 0 Å². The van der Waals surface area contributed by atoms with Gasteiger partial charge in [0, 0.05) is 12.3 Å². The molecule has 5 atom stereocenters. The standard InChI is InChI=1S/C17H18O/c18-16-10-14(11-4-2-1-3-5-11)9-15-12-6-7-13(8-12)17(15)16/h1-7,12-15,17H,8-10H2/t12-,13+,14+,15-,17+/m0/s1. The lowest BCUT2D eigenvalue weighted by Gasteiger charge is -2.36. The van der Waals surface area contributed by atoms with Gasteiger partial charge >= 0.3 is 0 Å². The second-order valence-electron chi connectivity index (χ2n) is 6.15. The van der Waals surface area contributed by atoms with Crippen molar-refractivity contribution in [3.63, 3.8) is 0 Å². The second kappa shape index (κ2) is 3.81. The van der Waals surface area contributed by atoms with Gasteiger partial charge in [0.1, 0.15) is 5.78 Å². The van der Waals surface area contributed by atoms with E-state index < -0.39 is 0 Å². The summed E-state index contributed by atoms with van der Waals surface area (Å²) in [5, 5.41) is 0. The summed E-state index contributed by atoms with van der Waals surface area (Å²) in [6.07, 6.45) is 7.88. The summed E-state index contributed by atoms with van der Waals surface area (Å²) in [6, 6.07) is 10.6. The lowest BCUT2D eigenvalue weighted by molar-refractivity contribution is -0.127. The van der Waals surface area contributed by atoms with Crippen molar-refractivity contribution >= 4 is 5.78 Å². The Morgan fingerprint density at radius 3 is 2.56 bits per heavy atom. The average molecular weight is 238 g/mol. The van der Waals surface area contributed by atoms with Gasteiger partial charge in [-0.1, -0.05) is 42.5 Å². The van der Waals surface area contributed by atoms with Crippen LogP contribution >= 0.6 is 0 Å². The molecule has 3 aliphatic rings. The lowest BCUT2D eigenvalue weighted by atomic mass is 9.67. The maximum Gasteiger partial charge on any atom is 0.137 e. The number of ketones is 1. The normalized spacial score (nSPS) is 41.1. The molecule has 1 aromatic rings.